The lowest BCUT2D eigenvalue weighted by molar-refractivity contribution is -0.120. The SMILES string of the molecule is CCOc1ccc(S(=O)(=O)N2CCC[C@H](C(=O)Nc3c(CC)cc(Br)cc3CC)C2)cc1. The highest BCUT2D eigenvalue weighted by Gasteiger charge is 2.33. The molecular weight excluding hydrogens is 492 g/mol. The zero-order chi connectivity index (χ0) is 23.3. The molecule has 1 heterocycles. The summed E-state index contributed by atoms with van der Waals surface area (Å²) in [6.07, 6.45) is 2.91. The molecular formula is C24H31BrN2O4S. The van der Waals surface area contributed by atoms with Crippen LogP contribution in [-0.4, -0.2) is 38.3 Å². The van der Waals surface area contributed by atoms with E-state index in [4.69, 9.17) is 4.74 Å². The normalized spacial score (nSPS) is 17.2. The highest BCUT2D eigenvalue weighted by molar-refractivity contribution is 9.10. The second-order valence-electron chi connectivity index (χ2n) is 7.90. The maximum Gasteiger partial charge on any atom is 0.243 e. The number of carbonyl (C=O) groups excluding carboxylic acids is 1. The number of sulfonamides is 1. The minimum Gasteiger partial charge on any atom is -0.494 e. The number of ether oxygens (including phenoxy) is 1. The number of nitrogens with zero attached hydrogens (tertiary/aromatic N) is 1. The molecule has 32 heavy (non-hydrogen) atoms. The van der Waals surface area contributed by atoms with Gasteiger partial charge in [-0.05, 0) is 80.1 Å². The van der Waals surface area contributed by atoms with Crippen molar-refractivity contribution in [3.8, 4) is 5.75 Å². The van der Waals surface area contributed by atoms with Gasteiger partial charge in [-0.15, -0.1) is 0 Å². The molecule has 0 unspecified atom stereocenters. The molecule has 1 N–H and O–H groups in total. The fraction of sp³-hybridized carbons (Fsp3) is 0.458. The van der Waals surface area contributed by atoms with E-state index in [0.29, 0.717) is 31.7 Å². The second kappa shape index (κ2) is 10.8. The van der Waals surface area contributed by atoms with Crippen LogP contribution in [0.1, 0.15) is 44.7 Å². The largest absolute Gasteiger partial charge is 0.494 e. The van der Waals surface area contributed by atoms with Crippen LogP contribution in [0.3, 0.4) is 0 Å². The Hall–Kier alpha value is -1.90. The number of carbonyl (C=O) groups is 1. The van der Waals surface area contributed by atoms with E-state index >= 15 is 0 Å². The minimum atomic E-state index is -3.67. The molecule has 1 amide bonds. The van der Waals surface area contributed by atoms with E-state index in [0.717, 1.165) is 34.1 Å². The smallest absolute Gasteiger partial charge is 0.243 e. The molecule has 1 atom stereocenters. The molecule has 1 saturated heterocycles. The summed E-state index contributed by atoms with van der Waals surface area (Å²) in [4.78, 5) is 13.4. The predicted octanol–water partition coefficient (Wildman–Crippen LogP) is 5.01. The molecule has 6 nitrogen and oxygen atoms in total. The van der Waals surface area contributed by atoms with Crippen molar-refractivity contribution in [2.75, 3.05) is 25.0 Å². The molecule has 0 radical (unpaired) electrons. The van der Waals surface area contributed by atoms with Gasteiger partial charge in [0.15, 0.2) is 0 Å². The van der Waals surface area contributed by atoms with Gasteiger partial charge in [0.25, 0.3) is 0 Å². The van der Waals surface area contributed by atoms with Crippen molar-refractivity contribution < 1.29 is 17.9 Å². The van der Waals surface area contributed by atoms with Crippen molar-refractivity contribution >= 4 is 37.5 Å². The van der Waals surface area contributed by atoms with Crippen LogP contribution in [0.15, 0.2) is 45.8 Å². The maximum absolute atomic E-state index is 13.2. The molecule has 8 heteroatoms. The van der Waals surface area contributed by atoms with Crippen molar-refractivity contribution in [3.63, 3.8) is 0 Å². The molecule has 1 aliphatic rings. The first-order valence-electron chi connectivity index (χ1n) is 11.1. The summed E-state index contributed by atoms with van der Waals surface area (Å²) < 4.78 is 34.2. The molecule has 1 fully saturated rings. The van der Waals surface area contributed by atoms with Crippen LogP contribution in [0.5, 0.6) is 5.75 Å². The van der Waals surface area contributed by atoms with Crippen LogP contribution in [-0.2, 0) is 27.7 Å². The van der Waals surface area contributed by atoms with Crippen LogP contribution >= 0.6 is 15.9 Å². The van der Waals surface area contributed by atoms with Crippen molar-refractivity contribution in [1.29, 1.82) is 0 Å². The summed E-state index contributed by atoms with van der Waals surface area (Å²) in [5.74, 6) is 0.123. The lowest BCUT2D eigenvalue weighted by Gasteiger charge is -2.31. The van der Waals surface area contributed by atoms with Gasteiger partial charge < -0.3 is 10.1 Å². The van der Waals surface area contributed by atoms with Gasteiger partial charge in [-0.1, -0.05) is 29.8 Å². The van der Waals surface area contributed by atoms with E-state index in [-0.39, 0.29) is 23.3 Å². The second-order valence-corrected chi connectivity index (χ2v) is 10.8. The third-order valence-corrected chi connectivity index (χ3v) is 8.14. The number of hydrogen-bond donors (Lipinski definition) is 1. The third kappa shape index (κ3) is 5.53. The Labute approximate surface area is 199 Å². The molecule has 1 aliphatic heterocycles. The van der Waals surface area contributed by atoms with E-state index in [2.05, 4.69) is 35.1 Å². The molecule has 0 saturated carbocycles. The Balaban J connectivity index is 1.76. The van der Waals surface area contributed by atoms with Crippen LogP contribution in [0.25, 0.3) is 0 Å². The Morgan fingerprint density at radius 3 is 2.31 bits per heavy atom. The third-order valence-electron chi connectivity index (χ3n) is 5.80. The van der Waals surface area contributed by atoms with Crippen molar-refractivity contribution in [2.24, 2.45) is 5.92 Å². The molecule has 2 aromatic carbocycles. The van der Waals surface area contributed by atoms with Gasteiger partial charge in [0.2, 0.25) is 15.9 Å². The fourth-order valence-corrected chi connectivity index (χ4v) is 6.14. The quantitative estimate of drug-likeness (QED) is 0.528. The predicted molar refractivity (Wildman–Crippen MR) is 131 cm³/mol. The lowest BCUT2D eigenvalue weighted by atomic mass is 9.97. The number of piperidine rings is 1. The highest BCUT2D eigenvalue weighted by Crippen LogP contribution is 2.30. The van der Waals surface area contributed by atoms with Crippen LogP contribution in [0.2, 0.25) is 0 Å². The van der Waals surface area contributed by atoms with Gasteiger partial charge in [0.05, 0.1) is 17.4 Å². The van der Waals surface area contributed by atoms with Gasteiger partial charge in [0, 0.05) is 23.2 Å². The van der Waals surface area contributed by atoms with E-state index in [1.54, 1.807) is 24.3 Å². The van der Waals surface area contributed by atoms with Crippen molar-refractivity contribution in [1.82, 2.24) is 4.31 Å². The first kappa shape index (κ1) is 24.7. The van der Waals surface area contributed by atoms with Crippen LogP contribution in [0.4, 0.5) is 5.69 Å². The molecule has 0 aliphatic carbocycles. The van der Waals surface area contributed by atoms with Crippen LogP contribution < -0.4 is 10.1 Å². The number of rotatable bonds is 8. The van der Waals surface area contributed by atoms with E-state index in [1.165, 1.54) is 4.31 Å². The van der Waals surface area contributed by atoms with Crippen molar-refractivity contribution in [3.05, 3.63) is 52.0 Å². The van der Waals surface area contributed by atoms with E-state index < -0.39 is 10.0 Å². The summed E-state index contributed by atoms with van der Waals surface area (Å²) in [6, 6.07) is 10.5. The number of anilines is 1. The topological polar surface area (TPSA) is 75.7 Å². The molecule has 3 rings (SSSR count). The Bertz CT molecular complexity index is 1030. The highest BCUT2D eigenvalue weighted by atomic mass is 79.9. The average Bonchev–Trinajstić information content (AvgIpc) is 2.80. The summed E-state index contributed by atoms with van der Waals surface area (Å²) in [5.41, 5.74) is 2.99. The monoisotopic (exact) mass is 522 g/mol. The molecule has 0 bridgehead atoms. The summed E-state index contributed by atoms with van der Waals surface area (Å²) >= 11 is 3.54. The Kier molecular flexibility index (Phi) is 8.36. The summed E-state index contributed by atoms with van der Waals surface area (Å²) in [7, 11) is -3.67. The lowest BCUT2D eigenvalue weighted by Crippen LogP contribution is -2.43. The van der Waals surface area contributed by atoms with E-state index in [9.17, 15) is 13.2 Å². The molecule has 174 valence electrons. The van der Waals surface area contributed by atoms with Gasteiger partial charge in [-0.2, -0.15) is 4.31 Å². The Morgan fingerprint density at radius 1 is 1.12 bits per heavy atom. The number of aryl methyl sites for hydroxylation is 2. The molecule has 2 aromatic rings. The maximum atomic E-state index is 13.2. The summed E-state index contributed by atoms with van der Waals surface area (Å²) in [6.45, 7) is 7.11. The number of amides is 1. The zero-order valence-corrected chi connectivity index (χ0v) is 21.3. The van der Waals surface area contributed by atoms with Gasteiger partial charge in [-0.25, -0.2) is 8.42 Å². The number of nitrogens with one attached hydrogen (secondary N) is 1. The Morgan fingerprint density at radius 2 is 1.75 bits per heavy atom. The standard InChI is InChI=1S/C24H31BrN2O4S/c1-4-17-14-20(25)15-18(5-2)23(17)26-24(28)19-8-7-13-27(16-19)32(29,30)22-11-9-21(10-12-22)31-6-3/h9-12,14-15,19H,4-8,13,16H2,1-3H3,(H,26,28)/t19-/m0/s1. The van der Waals surface area contributed by atoms with E-state index in [1.807, 2.05) is 19.1 Å². The molecule has 0 aromatic heterocycles. The number of hydrogen-bond acceptors (Lipinski definition) is 4. The van der Waals surface area contributed by atoms with Gasteiger partial charge in [0.1, 0.15) is 5.75 Å². The molecule has 0 spiro atoms. The minimum absolute atomic E-state index is 0.122. The first-order valence-corrected chi connectivity index (χ1v) is 13.4. The van der Waals surface area contributed by atoms with Gasteiger partial charge >= 0.3 is 0 Å². The number of halogens is 1. The average molecular weight is 523 g/mol. The first-order chi connectivity index (χ1) is 15.3. The zero-order valence-electron chi connectivity index (χ0n) is 18.9. The van der Waals surface area contributed by atoms with Crippen LogP contribution in [0, 0.1) is 5.92 Å². The number of benzene rings is 2. The summed E-state index contributed by atoms with van der Waals surface area (Å²) in [5, 5.41) is 3.11. The fourth-order valence-electron chi connectivity index (χ4n) is 4.07. The van der Waals surface area contributed by atoms with Gasteiger partial charge in [-0.3, -0.25) is 4.79 Å². The van der Waals surface area contributed by atoms with Crippen molar-refractivity contribution in [2.45, 2.75) is 51.3 Å².